The monoisotopic (exact) mass is 485 g/mol. The maximum Gasteiger partial charge on any atom is 0.337 e. The van der Waals surface area contributed by atoms with Crippen molar-refractivity contribution < 1.29 is 18.3 Å². The van der Waals surface area contributed by atoms with Crippen molar-refractivity contribution >= 4 is 27.4 Å². The van der Waals surface area contributed by atoms with Gasteiger partial charge < -0.3 is 10.0 Å². The number of piperazine rings is 1. The highest BCUT2D eigenvalue weighted by Gasteiger charge is 2.27. The first-order chi connectivity index (χ1) is 16.2. The van der Waals surface area contributed by atoms with Crippen LogP contribution in [0.1, 0.15) is 67.8 Å². The van der Waals surface area contributed by atoms with Crippen LogP contribution in [-0.4, -0.2) is 56.6 Å². The summed E-state index contributed by atoms with van der Waals surface area (Å²) in [5.41, 5.74) is 2.05. The number of anilines is 2. The van der Waals surface area contributed by atoms with E-state index in [0.29, 0.717) is 17.6 Å². The predicted octanol–water partition coefficient (Wildman–Crippen LogP) is 4.76. The van der Waals surface area contributed by atoms with Crippen LogP contribution in [0.25, 0.3) is 0 Å². The average Bonchev–Trinajstić information content (AvgIpc) is 2.84. The fourth-order valence-corrected chi connectivity index (χ4v) is 6.12. The molecule has 7 nitrogen and oxygen atoms in total. The van der Waals surface area contributed by atoms with Crippen molar-refractivity contribution in [3.63, 3.8) is 0 Å². The van der Waals surface area contributed by atoms with Crippen LogP contribution in [-0.2, 0) is 10.0 Å². The van der Waals surface area contributed by atoms with Crippen LogP contribution < -0.4 is 9.62 Å². The molecule has 0 radical (unpaired) electrons. The molecule has 2 fully saturated rings. The van der Waals surface area contributed by atoms with Gasteiger partial charge in [-0.25, -0.2) is 13.2 Å². The van der Waals surface area contributed by atoms with Crippen LogP contribution >= 0.6 is 0 Å². The molecule has 0 unspecified atom stereocenters. The number of hydrogen-bond acceptors (Lipinski definition) is 5. The minimum absolute atomic E-state index is 0.112. The molecule has 184 valence electrons. The molecule has 2 aliphatic rings. The number of sulfonamides is 1. The molecule has 1 saturated carbocycles. The number of carboxylic acid groups (broad SMARTS) is 1. The van der Waals surface area contributed by atoms with E-state index in [0.717, 1.165) is 31.7 Å². The Bertz CT molecular complexity index is 1100. The van der Waals surface area contributed by atoms with E-state index in [-0.39, 0.29) is 16.1 Å². The average molecular weight is 486 g/mol. The van der Waals surface area contributed by atoms with Gasteiger partial charge in [-0.3, -0.25) is 9.62 Å². The summed E-state index contributed by atoms with van der Waals surface area (Å²) in [6.07, 6.45) is 6.45. The molecular formula is C26H35N3O4S. The lowest BCUT2D eigenvalue weighted by Gasteiger charge is -2.41. The summed E-state index contributed by atoms with van der Waals surface area (Å²) in [4.78, 5) is 16.8. The third-order valence-corrected chi connectivity index (χ3v) is 8.48. The number of hydrogen-bond donors (Lipinski definition) is 2. The molecule has 1 aliphatic heterocycles. The Morgan fingerprint density at radius 3 is 2.21 bits per heavy atom. The topological polar surface area (TPSA) is 90.0 Å². The van der Waals surface area contributed by atoms with Crippen LogP contribution in [0.4, 0.5) is 11.4 Å². The van der Waals surface area contributed by atoms with E-state index < -0.39 is 16.0 Å². The molecule has 4 rings (SSSR count). The molecule has 2 aromatic rings. The van der Waals surface area contributed by atoms with Gasteiger partial charge in [0, 0.05) is 37.9 Å². The largest absolute Gasteiger partial charge is 0.478 e. The molecule has 34 heavy (non-hydrogen) atoms. The van der Waals surface area contributed by atoms with Gasteiger partial charge in [0.2, 0.25) is 0 Å². The number of nitrogens with zero attached hydrogens (tertiary/aromatic N) is 2. The summed E-state index contributed by atoms with van der Waals surface area (Å²) in [6, 6.07) is 12.2. The van der Waals surface area contributed by atoms with Gasteiger partial charge in [-0.1, -0.05) is 45.2 Å². The summed E-state index contributed by atoms with van der Waals surface area (Å²) in [7, 11) is -3.82. The van der Waals surface area contributed by atoms with Gasteiger partial charge in [-0.15, -0.1) is 0 Å². The third kappa shape index (κ3) is 5.55. The standard InChI is InChI=1S/C26H35N3O4S/c1-19(2)20-8-11-23(12-9-20)34(32,33)27-21-10-13-25(24(18-21)26(30)31)29-16-14-28(15-17-29)22-6-4-3-5-7-22/h8-13,18-19,22,27H,3-7,14-17H2,1-2H3,(H,30,31). The molecule has 1 saturated heterocycles. The van der Waals surface area contributed by atoms with E-state index >= 15 is 0 Å². The summed E-state index contributed by atoms with van der Waals surface area (Å²) in [5.74, 6) is -0.757. The van der Waals surface area contributed by atoms with Crippen LogP contribution in [0.15, 0.2) is 47.4 Å². The number of nitrogens with one attached hydrogen (secondary N) is 1. The fraction of sp³-hybridized carbons (Fsp3) is 0.500. The Morgan fingerprint density at radius 2 is 1.62 bits per heavy atom. The van der Waals surface area contributed by atoms with Crippen LogP contribution in [0, 0.1) is 0 Å². The number of aromatic carboxylic acids is 1. The van der Waals surface area contributed by atoms with E-state index in [4.69, 9.17) is 0 Å². The maximum atomic E-state index is 12.9. The Kier molecular flexibility index (Phi) is 7.48. The predicted molar refractivity (Wildman–Crippen MR) is 135 cm³/mol. The molecule has 0 bridgehead atoms. The second kappa shape index (κ2) is 10.4. The highest BCUT2D eigenvalue weighted by Crippen LogP contribution is 2.29. The molecule has 1 heterocycles. The van der Waals surface area contributed by atoms with Crippen molar-refractivity contribution in [1.82, 2.24) is 4.90 Å². The summed E-state index contributed by atoms with van der Waals surface area (Å²) in [6.45, 7) is 7.47. The van der Waals surface area contributed by atoms with Crippen LogP contribution in [0.3, 0.4) is 0 Å². The van der Waals surface area contributed by atoms with Crippen molar-refractivity contribution in [3.8, 4) is 0 Å². The Balaban J connectivity index is 1.48. The van der Waals surface area contributed by atoms with Crippen molar-refractivity contribution in [2.45, 2.75) is 62.8 Å². The highest BCUT2D eigenvalue weighted by atomic mass is 32.2. The summed E-state index contributed by atoms with van der Waals surface area (Å²) >= 11 is 0. The van der Waals surface area contributed by atoms with Crippen molar-refractivity contribution in [1.29, 1.82) is 0 Å². The zero-order valence-corrected chi connectivity index (χ0v) is 20.9. The molecular weight excluding hydrogens is 450 g/mol. The van der Waals surface area contributed by atoms with Gasteiger partial charge in [0.25, 0.3) is 10.0 Å². The molecule has 0 amide bonds. The molecule has 0 aromatic heterocycles. The minimum Gasteiger partial charge on any atom is -0.478 e. The maximum absolute atomic E-state index is 12.9. The van der Waals surface area contributed by atoms with Crippen molar-refractivity contribution in [3.05, 3.63) is 53.6 Å². The molecule has 0 atom stereocenters. The lowest BCUT2D eigenvalue weighted by Crippen LogP contribution is -2.51. The normalized spacial score (nSPS) is 18.3. The second-order valence-electron chi connectivity index (χ2n) is 9.68. The first-order valence-corrected chi connectivity index (χ1v) is 13.7. The van der Waals surface area contributed by atoms with Gasteiger partial charge in [0.1, 0.15) is 0 Å². The first kappa shape index (κ1) is 24.5. The van der Waals surface area contributed by atoms with Gasteiger partial charge >= 0.3 is 5.97 Å². The smallest absolute Gasteiger partial charge is 0.337 e. The third-order valence-electron chi connectivity index (χ3n) is 7.08. The Morgan fingerprint density at radius 1 is 0.971 bits per heavy atom. The van der Waals surface area contributed by atoms with Crippen molar-refractivity contribution in [2.75, 3.05) is 35.8 Å². The summed E-state index contributed by atoms with van der Waals surface area (Å²) < 4.78 is 28.3. The number of rotatable bonds is 7. The molecule has 1 aliphatic carbocycles. The fourth-order valence-electron chi connectivity index (χ4n) is 5.07. The zero-order chi connectivity index (χ0) is 24.3. The van der Waals surface area contributed by atoms with Gasteiger partial charge in [0.15, 0.2) is 0 Å². The van der Waals surface area contributed by atoms with Gasteiger partial charge in [0.05, 0.1) is 16.1 Å². The minimum atomic E-state index is -3.82. The van der Waals surface area contributed by atoms with E-state index in [1.165, 1.54) is 38.2 Å². The number of benzene rings is 2. The van der Waals surface area contributed by atoms with Gasteiger partial charge in [-0.2, -0.15) is 0 Å². The van der Waals surface area contributed by atoms with Crippen LogP contribution in [0.2, 0.25) is 0 Å². The van der Waals surface area contributed by atoms with E-state index in [1.807, 2.05) is 13.8 Å². The van der Waals surface area contributed by atoms with E-state index in [9.17, 15) is 18.3 Å². The first-order valence-electron chi connectivity index (χ1n) is 12.2. The molecule has 0 spiro atoms. The second-order valence-corrected chi connectivity index (χ2v) is 11.4. The quantitative estimate of drug-likeness (QED) is 0.588. The lowest BCUT2D eigenvalue weighted by atomic mass is 9.94. The Labute approximate surface area is 202 Å². The molecule has 8 heteroatoms. The molecule has 2 aromatic carbocycles. The van der Waals surface area contributed by atoms with E-state index in [1.54, 1.807) is 36.4 Å². The number of carboxylic acids is 1. The summed E-state index contributed by atoms with van der Waals surface area (Å²) in [5, 5.41) is 9.86. The number of carbonyl (C=O) groups is 1. The lowest BCUT2D eigenvalue weighted by molar-refractivity contribution is 0.0697. The Hall–Kier alpha value is -2.58. The highest BCUT2D eigenvalue weighted by molar-refractivity contribution is 7.92. The van der Waals surface area contributed by atoms with Crippen molar-refractivity contribution in [2.24, 2.45) is 0 Å². The van der Waals surface area contributed by atoms with Gasteiger partial charge in [-0.05, 0) is 54.7 Å². The van der Waals surface area contributed by atoms with E-state index in [2.05, 4.69) is 14.5 Å². The zero-order valence-electron chi connectivity index (χ0n) is 20.0. The van der Waals surface area contributed by atoms with Crippen LogP contribution in [0.5, 0.6) is 0 Å². The SMILES string of the molecule is CC(C)c1ccc(S(=O)(=O)Nc2ccc(N3CCN(C4CCCCC4)CC3)c(C(=O)O)c2)cc1. The molecule has 2 N–H and O–H groups in total.